The van der Waals surface area contributed by atoms with Crippen molar-refractivity contribution in [2.24, 2.45) is 0 Å². The number of H-pyrrole nitrogens is 1. The number of carbonyl (C=O) groups excluding carboxylic acids is 2. The number of para-hydroxylation sites is 1. The number of aromatic amines is 1. The molecule has 1 aliphatic heterocycles. The molecule has 7 heteroatoms. The predicted octanol–water partition coefficient (Wildman–Crippen LogP) is 2.01. The third kappa shape index (κ3) is 3.46. The lowest BCUT2D eigenvalue weighted by molar-refractivity contribution is -0.117. The second-order valence-corrected chi connectivity index (χ2v) is 6.90. The molecule has 0 radical (unpaired) electrons. The van der Waals surface area contributed by atoms with Gasteiger partial charge in [-0.15, -0.1) is 0 Å². The topological polar surface area (TPSA) is 87.2 Å². The Balaban J connectivity index is 1.48. The molecule has 3 aromatic rings. The summed E-state index contributed by atoms with van der Waals surface area (Å²) in [6.07, 6.45) is 0.226. The summed E-state index contributed by atoms with van der Waals surface area (Å²) in [5, 5.41) is 5.67. The molecule has 2 aromatic carbocycles. The maximum atomic E-state index is 12.6. The van der Waals surface area contributed by atoms with Crippen molar-refractivity contribution in [3.05, 3.63) is 82.3 Å². The summed E-state index contributed by atoms with van der Waals surface area (Å²) in [4.78, 5) is 38.8. The first-order chi connectivity index (χ1) is 13.5. The number of hydrogen-bond acceptors (Lipinski definition) is 3. The van der Waals surface area contributed by atoms with Crippen molar-refractivity contribution in [2.75, 3.05) is 11.4 Å². The molecule has 28 heavy (non-hydrogen) atoms. The molecule has 1 aliphatic rings. The van der Waals surface area contributed by atoms with Crippen molar-refractivity contribution >= 4 is 17.5 Å². The number of nitrogens with zero attached hydrogens (tertiary/aromatic N) is 2. The van der Waals surface area contributed by atoms with E-state index in [9.17, 15) is 14.4 Å². The second-order valence-electron chi connectivity index (χ2n) is 6.90. The van der Waals surface area contributed by atoms with Gasteiger partial charge in [0.25, 0.3) is 11.5 Å². The van der Waals surface area contributed by atoms with Gasteiger partial charge >= 0.3 is 0 Å². The van der Waals surface area contributed by atoms with Gasteiger partial charge in [-0.05, 0) is 36.8 Å². The van der Waals surface area contributed by atoms with Gasteiger partial charge in [0.05, 0.1) is 11.7 Å². The van der Waals surface area contributed by atoms with Gasteiger partial charge in [0, 0.05) is 24.7 Å². The molecule has 4 rings (SSSR count). The van der Waals surface area contributed by atoms with E-state index in [1.807, 2.05) is 49.4 Å². The van der Waals surface area contributed by atoms with Crippen LogP contribution in [0.25, 0.3) is 5.69 Å². The molecular formula is C21H20N4O3. The number of aryl methyl sites for hydroxylation is 1. The molecule has 0 bridgehead atoms. The maximum absolute atomic E-state index is 12.6. The molecule has 1 aromatic heterocycles. The minimum atomic E-state index is -0.407. The minimum absolute atomic E-state index is 0.0359. The average molecular weight is 376 g/mol. The van der Waals surface area contributed by atoms with Crippen LogP contribution in [0.2, 0.25) is 0 Å². The zero-order chi connectivity index (χ0) is 19.7. The number of carbonyl (C=O) groups is 2. The summed E-state index contributed by atoms with van der Waals surface area (Å²) < 4.78 is 1.31. The number of rotatable bonds is 4. The first kappa shape index (κ1) is 17.8. The average Bonchev–Trinajstić information content (AvgIpc) is 3.25. The van der Waals surface area contributed by atoms with Gasteiger partial charge in [0.15, 0.2) is 0 Å². The van der Waals surface area contributed by atoms with E-state index < -0.39 is 5.91 Å². The van der Waals surface area contributed by atoms with Crippen LogP contribution in [-0.4, -0.2) is 34.2 Å². The monoisotopic (exact) mass is 376 g/mol. The number of benzene rings is 2. The molecule has 1 unspecified atom stereocenters. The lowest BCUT2D eigenvalue weighted by Crippen LogP contribution is -2.37. The number of nitrogens with one attached hydrogen (secondary N) is 2. The Morgan fingerprint density at radius 1 is 1.04 bits per heavy atom. The Morgan fingerprint density at radius 3 is 2.54 bits per heavy atom. The highest BCUT2D eigenvalue weighted by molar-refractivity contribution is 5.98. The summed E-state index contributed by atoms with van der Waals surface area (Å²) in [7, 11) is 0. The fraction of sp³-hybridized carbons (Fsp3) is 0.190. The van der Waals surface area contributed by atoms with Crippen molar-refractivity contribution in [1.82, 2.24) is 15.1 Å². The van der Waals surface area contributed by atoms with Crippen LogP contribution in [0, 0.1) is 6.92 Å². The van der Waals surface area contributed by atoms with Gasteiger partial charge < -0.3 is 10.2 Å². The number of hydrogen-bond donors (Lipinski definition) is 2. The van der Waals surface area contributed by atoms with E-state index in [1.54, 1.807) is 17.0 Å². The fourth-order valence-corrected chi connectivity index (χ4v) is 3.39. The Morgan fingerprint density at radius 2 is 1.79 bits per heavy atom. The fourth-order valence-electron chi connectivity index (χ4n) is 3.39. The van der Waals surface area contributed by atoms with Crippen LogP contribution in [0.5, 0.6) is 0 Å². The molecule has 1 atom stereocenters. The number of amides is 2. The molecule has 2 heterocycles. The molecule has 0 aliphatic carbocycles. The summed E-state index contributed by atoms with van der Waals surface area (Å²) >= 11 is 0. The Bertz CT molecular complexity index is 1080. The third-order valence-corrected chi connectivity index (χ3v) is 4.75. The molecule has 2 amide bonds. The van der Waals surface area contributed by atoms with Crippen LogP contribution in [0.4, 0.5) is 5.69 Å². The lowest BCUT2D eigenvalue weighted by Gasteiger charge is -2.17. The second kappa shape index (κ2) is 7.19. The molecular weight excluding hydrogens is 356 g/mol. The minimum Gasteiger partial charge on any atom is -0.346 e. The summed E-state index contributed by atoms with van der Waals surface area (Å²) in [6.45, 7) is 2.37. The third-order valence-electron chi connectivity index (χ3n) is 4.75. The Hall–Kier alpha value is -3.61. The molecule has 2 N–H and O–H groups in total. The van der Waals surface area contributed by atoms with Crippen LogP contribution >= 0.6 is 0 Å². The van der Waals surface area contributed by atoms with Crippen LogP contribution < -0.4 is 15.8 Å². The van der Waals surface area contributed by atoms with Gasteiger partial charge in [-0.3, -0.25) is 19.5 Å². The van der Waals surface area contributed by atoms with Crippen LogP contribution in [0.15, 0.2) is 65.5 Å². The zero-order valence-electron chi connectivity index (χ0n) is 15.4. The molecule has 0 saturated carbocycles. The highest BCUT2D eigenvalue weighted by Crippen LogP contribution is 2.22. The normalized spacial score (nSPS) is 16.4. The van der Waals surface area contributed by atoms with Gasteiger partial charge in [0.2, 0.25) is 5.91 Å². The van der Waals surface area contributed by atoms with Crippen molar-refractivity contribution < 1.29 is 9.59 Å². The lowest BCUT2D eigenvalue weighted by atomic mass is 10.2. The van der Waals surface area contributed by atoms with Gasteiger partial charge in [-0.25, -0.2) is 4.68 Å². The standard InChI is InChI=1S/C21H20N4O3/c1-14-6-5-9-17(10-14)24-13-15(11-19(24)26)22-21(28)18-12-20(27)25(23-18)16-7-3-2-4-8-16/h2-10,12,15,23H,11,13H2,1H3,(H,22,28). The van der Waals surface area contributed by atoms with Crippen molar-refractivity contribution in [3.8, 4) is 5.69 Å². The molecule has 142 valence electrons. The summed E-state index contributed by atoms with van der Waals surface area (Å²) in [6, 6.07) is 17.7. The Kier molecular flexibility index (Phi) is 4.57. The number of anilines is 1. The first-order valence-electron chi connectivity index (χ1n) is 9.06. The van der Waals surface area contributed by atoms with E-state index >= 15 is 0 Å². The van der Waals surface area contributed by atoms with Gasteiger partial charge in [-0.1, -0.05) is 30.3 Å². The van der Waals surface area contributed by atoms with Crippen molar-refractivity contribution in [3.63, 3.8) is 0 Å². The summed E-state index contributed by atoms with van der Waals surface area (Å²) in [5.74, 6) is -0.443. The molecule has 7 nitrogen and oxygen atoms in total. The SMILES string of the molecule is Cc1cccc(N2CC(NC(=O)c3cc(=O)n(-c4ccccc4)[nH]3)CC2=O)c1. The predicted molar refractivity (Wildman–Crippen MR) is 106 cm³/mol. The van der Waals surface area contributed by atoms with Crippen LogP contribution in [0.1, 0.15) is 22.5 Å². The van der Waals surface area contributed by atoms with Crippen LogP contribution in [0.3, 0.4) is 0 Å². The quantitative estimate of drug-likeness (QED) is 0.730. The number of aromatic nitrogens is 2. The van der Waals surface area contributed by atoms with E-state index in [-0.39, 0.29) is 29.6 Å². The van der Waals surface area contributed by atoms with E-state index in [2.05, 4.69) is 10.4 Å². The van der Waals surface area contributed by atoms with Crippen molar-refractivity contribution in [1.29, 1.82) is 0 Å². The highest BCUT2D eigenvalue weighted by atomic mass is 16.2. The largest absolute Gasteiger partial charge is 0.346 e. The molecule has 0 spiro atoms. The Labute approximate surface area is 161 Å². The van der Waals surface area contributed by atoms with Crippen molar-refractivity contribution in [2.45, 2.75) is 19.4 Å². The maximum Gasteiger partial charge on any atom is 0.271 e. The first-order valence-corrected chi connectivity index (χ1v) is 9.06. The highest BCUT2D eigenvalue weighted by Gasteiger charge is 2.32. The molecule has 1 fully saturated rings. The zero-order valence-corrected chi connectivity index (χ0v) is 15.4. The van der Waals surface area contributed by atoms with E-state index in [0.717, 1.165) is 11.3 Å². The smallest absolute Gasteiger partial charge is 0.271 e. The van der Waals surface area contributed by atoms with E-state index in [1.165, 1.54) is 10.7 Å². The van der Waals surface area contributed by atoms with Gasteiger partial charge in [0.1, 0.15) is 5.69 Å². The van der Waals surface area contributed by atoms with E-state index in [4.69, 9.17) is 0 Å². The van der Waals surface area contributed by atoms with E-state index in [0.29, 0.717) is 12.2 Å². The van der Waals surface area contributed by atoms with Crippen LogP contribution in [-0.2, 0) is 4.79 Å². The van der Waals surface area contributed by atoms with Gasteiger partial charge in [-0.2, -0.15) is 0 Å². The molecule has 1 saturated heterocycles. The summed E-state index contributed by atoms with van der Waals surface area (Å²) in [5.41, 5.74) is 2.38.